The number of H-pyrrole nitrogens is 1. The zero-order valence-corrected chi connectivity index (χ0v) is 14.9. The normalized spacial score (nSPS) is 10.9. The number of pyridine rings is 1. The summed E-state index contributed by atoms with van der Waals surface area (Å²) in [7, 11) is 0. The van der Waals surface area contributed by atoms with E-state index in [0.29, 0.717) is 18.5 Å². The molecule has 1 heterocycles. The number of carbonyl (C=O) groups excluding carboxylic acids is 1. The van der Waals surface area contributed by atoms with Crippen molar-refractivity contribution < 1.29 is 9.18 Å². The summed E-state index contributed by atoms with van der Waals surface area (Å²) in [5.41, 5.74) is 4.28. The molecule has 0 aliphatic heterocycles. The molecular weight excluding hydrogens is 331 g/mol. The molecule has 0 saturated carbocycles. The fourth-order valence-electron chi connectivity index (χ4n) is 3.04. The second-order valence-corrected chi connectivity index (χ2v) is 6.57. The molecular formula is C21H21FN2O2. The number of benzene rings is 2. The van der Waals surface area contributed by atoms with Crippen molar-refractivity contribution in [2.45, 2.75) is 33.2 Å². The molecule has 0 aliphatic rings. The Kier molecular flexibility index (Phi) is 5.16. The van der Waals surface area contributed by atoms with Gasteiger partial charge in [0.2, 0.25) is 5.91 Å². The topological polar surface area (TPSA) is 62.0 Å². The van der Waals surface area contributed by atoms with Gasteiger partial charge in [0.1, 0.15) is 5.82 Å². The van der Waals surface area contributed by atoms with Gasteiger partial charge in [-0.1, -0.05) is 18.2 Å². The lowest BCUT2D eigenvalue weighted by atomic mass is 10.0. The van der Waals surface area contributed by atoms with Crippen LogP contribution >= 0.6 is 0 Å². The largest absolute Gasteiger partial charge is 0.352 e. The van der Waals surface area contributed by atoms with Crippen LogP contribution in [0.2, 0.25) is 0 Å². The first-order valence-electron chi connectivity index (χ1n) is 8.56. The molecule has 0 saturated heterocycles. The van der Waals surface area contributed by atoms with Crippen molar-refractivity contribution in [3.63, 3.8) is 0 Å². The van der Waals surface area contributed by atoms with Gasteiger partial charge in [0.15, 0.2) is 0 Å². The minimum atomic E-state index is -0.305. The van der Waals surface area contributed by atoms with Crippen LogP contribution < -0.4 is 10.9 Å². The number of fused-ring (bicyclic) bond motifs is 1. The highest BCUT2D eigenvalue weighted by molar-refractivity contribution is 5.83. The lowest BCUT2D eigenvalue weighted by Crippen LogP contribution is -2.24. The molecule has 0 bridgehead atoms. The molecule has 0 radical (unpaired) electrons. The molecule has 134 valence electrons. The van der Waals surface area contributed by atoms with Crippen LogP contribution in [-0.2, 0) is 17.8 Å². The summed E-state index contributed by atoms with van der Waals surface area (Å²) < 4.78 is 12.9. The number of aromatic amines is 1. The fourth-order valence-corrected chi connectivity index (χ4v) is 3.04. The van der Waals surface area contributed by atoms with Crippen LogP contribution in [0.4, 0.5) is 4.39 Å². The van der Waals surface area contributed by atoms with Crippen molar-refractivity contribution in [1.82, 2.24) is 10.3 Å². The third-order valence-corrected chi connectivity index (χ3v) is 4.41. The highest BCUT2D eigenvalue weighted by Gasteiger charge is 2.08. The lowest BCUT2D eigenvalue weighted by Gasteiger charge is -2.08. The zero-order chi connectivity index (χ0) is 18.7. The van der Waals surface area contributed by atoms with Crippen molar-refractivity contribution in [3.05, 3.63) is 80.9 Å². The van der Waals surface area contributed by atoms with Gasteiger partial charge in [0.25, 0.3) is 5.56 Å². The number of rotatable bonds is 5. The van der Waals surface area contributed by atoms with Crippen LogP contribution in [0, 0.1) is 19.7 Å². The van der Waals surface area contributed by atoms with E-state index in [9.17, 15) is 14.0 Å². The molecule has 0 unspecified atom stereocenters. The summed E-state index contributed by atoms with van der Waals surface area (Å²) in [6.07, 6.45) is 0.592. The number of amides is 1. The van der Waals surface area contributed by atoms with Gasteiger partial charge >= 0.3 is 0 Å². The molecule has 3 rings (SSSR count). The van der Waals surface area contributed by atoms with E-state index in [4.69, 9.17) is 0 Å². The van der Waals surface area contributed by atoms with Gasteiger partial charge in [-0.2, -0.15) is 0 Å². The van der Waals surface area contributed by atoms with Crippen LogP contribution in [0.1, 0.15) is 28.7 Å². The Labute approximate surface area is 151 Å². The number of hydrogen-bond acceptors (Lipinski definition) is 2. The number of halogens is 1. The molecule has 2 N–H and O–H groups in total. The second kappa shape index (κ2) is 7.52. The van der Waals surface area contributed by atoms with Crippen molar-refractivity contribution in [2.24, 2.45) is 0 Å². The van der Waals surface area contributed by atoms with Gasteiger partial charge in [-0.05, 0) is 61.2 Å². The first kappa shape index (κ1) is 17.9. The summed E-state index contributed by atoms with van der Waals surface area (Å²) in [4.78, 5) is 27.2. The number of aryl methyl sites for hydroxylation is 3. The average molecular weight is 352 g/mol. The minimum Gasteiger partial charge on any atom is -0.352 e. The van der Waals surface area contributed by atoms with E-state index < -0.39 is 0 Å². The Hall–Kier alpha value is -2.95. The van der Waals surface area contributed by atoms with Crippen LogP contribution in [0.5, 0.6) is 0 Å². The molecule has 1 aromatic heterocycles. The zero-order valence-electron chi connectivity index (χ0n) is 14.9. The summed E-state index contributed by atoms with van der Waals surface area (Å²) >= 11 is 0. The lowest BCUT2D eigenvalue weighted by molar-refractivity contribution is -0.121. The standard InChI is InChI=1S/C21H21FN2O2/c1-13-9-14(2)18-11-16(21(26)24-19(18)10-13)5-8-20(25)23-12-15-3-6-17(22)7-4-15/h3-4,6-7,9-11H,5,8,12H2,1-2H3,(H,23,25)(H,24,26). The van der Waals surface area contributed by atoms with Crippen LogP contribution in [-0.4, -0.2) is 10.9 Å². The molecule has 0 fully saturated rings. The molecule has 0 atom stereocenters. The SMILES string of the molecule is Cc1cc(C)c2cc(CCC(=O)NCc3ccc(F)cc3)c(=O)[nH]c2c1. The van der Waals surface area contributed by atoms with Gasteiger partial charge in [-0.3, -0.25) is 9.59 Å². The van der Waals surface area contributed by atoms with E-state index in [2.05, 4.69) is 16.4 Å². The molecule has 0 spiro atoms. The predicted molar refractivity (Wildman–Crippen MR) is 101 cm³/mol. The van der Waals surface area contributed by atoms with E-state index in [-0.39, 0.29) is 23.7 Å². The number of hydrogen-bond donors (Lipinski definition) is 2. The molecule has 5 heteroatoms. The number of aromatic nitrogens is 1. The Morgan fingerprint density at radius 1 is 1.12 bits per heavy atom. The maximum absolute atomic E-state index is 12.9. The number of carbonyl (C=O) groups is 1. The molecule has 0 aliphatic carbocycles. The highest BCUT2D eigenvalue weighted by atomic mass is 19.1. The molecule has 1 amide bonds. The first-order valence-corrected chi connectivity index (χ1v) is 8.56. The van der Waals surface area contributed by atoms with E-state index in [1.54, 1.807) is 12.1 Å². The van der Waals surface area contributed by atoms with Gasteiger partial charge in [-0.25, -0.2) is 4.39 Å². The molecule has 3 aromatic rings. The average Bonchev–Trinajstić information content (AvgIpc) is 2.59. The third kappa shape index (κ3) is 4.17. The fraction of sp³-hybridized carbons (Fsp3) is 0.238. The quantitative estimate of drug-likeness (QED) is 0.738. The summed E-state index contributed by atoms with van der Waals surface area (Å²) in [6.45, 7) is 4.34. The van der Waals surface area contributed by atoms with Gasteiger partial charge in [-0.15, -0.1) is 0 Å². The van der Waals surface area contributed by atoms with E-state index in [0.717, 1.165) is 27.6 Å². The Bertz CT molecular complexity index is 1010. The second-order valence-electron chi connectivity index (χ2n) is 6.57. The summed E-state index contributed by atoms with van der Waals surface area (Å²) in [5, 5.41) is 3.79. The van der Waals surface area contributed by atoms with Crippen molar-refractivity contribution >= 4 is 16.8 Å². The van der Waals surface area contributed by atoms with E-state index >= 15 is 0 Å². The van der Waals surface area contributed by atoms with Crippen molar-refractivity contribution in [2.75, 3.05) is 0 Å². The van der Waals surface area contributed by atoms with Gasteiger partial charge < -0.3 is 10.3 Å². The minimum absolute atomic E-state index is 0.144. The Morgan fingerprint density at radius 2 is 1.85 bits per heavy atom. The van der Waals surface area contributed by atoms with Gasteiger partial charge in [0, 0.05) is 29.4 Å². The van der Waals surface area contributed by atoms with Crippen molar-refractivity contribution in [3.8, 4) is 0 Å². The smallest absolute Gasteiger partial charge is 0.251 e. The van der Waals surface area contributed by atoms with Crippen LogP contribution in [0.3, 0.4) is 0 Å². The maximum atomic E-state index is 12.9. The predicted octanol–water partition coefficient (Wildman–Crippen LogP) is 3.53. The van der Waals surface area contributed by atoms with Crippen molar-refractivity contribution in [1.29, 1.82) is 0 Å². The van der Waals surface area contributed by atoms with E-state index in [1.165, 1.54) is 12.1 Å². The molecule has 2 aromatic carbocycles. The Morgan fingerprint density at radius 3 is 2.58 bits per heavy atom. The van der Waals surface area contributed by atoms with Crippen LogP contribution in [0.15, 0.2) is 47.3 Å². The van der Waals surface area contributed by atoms with E-state index in [1.807, 2.05) is 26.0 Å². The summed E-state index contributed by atoms with van der Waals surface area (Å²) in [5.74, 6) is -0.449. The third-order valence-electron chi connectivity index (χ3n) is 4.41. The summed E-state index contributed by atoms with van der Waals surface area (Å²) in [6, 6.07) is 11.9. The highest BCUT2D eigenvalue weighted by Crippen LogP contribution is 2.18. The van der Waals surface area contributed by atoms with Crippen LogP contribution in [0.25, 0.3) is 10.9 Å². The van der Waals surface area contributed by atoms with Gasteiger partial charge in [0.05, 0.1) is 0 Å². The Balaban J connectivity index is 1.65. The molecule has 4 nitrogen and oxygen atoms in total. The first-order chi connectivity index (χ1) is 12.4. The monoisotopic (exact) mass is 352 g/mol. The molecule has 26 heavy (non-hydrogen) atoms. The number of nitrogens with one attached hydrogen (secondary N) is 2. The maximum Gasteiger partial charge on any atom is 0.251 e.